The minimum Gasteiger partial charge on any atom is -0.281 e. The molecule has 0 rings (SSSR count). The second kappa shape index (κ2) is 8.81. The number of halogens is 1. The predicted molar refractivity (Wildman–Crippen MR) is 71.8 cm³/mol. The van der Waals surface area contributed by atoms with Gasteiger partial charge < -0.3 is 0 Å². The van der Waals surface area contributed by atoms with Gasteiger partial charge in [-0.1, -0.05) is 58.6 Å². The highest BCUT2D eigenvalue weighted by molar-refractivity contribution is 6.64. The van der Waals surface area contributed by atoms with Crippen LogP contribution >= 0.6 is 11.6 Å². The zero-order valence-corrected chi connectivity index (χ0v) is 11.6. The van der Waals surface area contributed by atoms with Crippen molar-refractivity contribution >= 4 is 16.8 Å². The highest BCUT2D eigenvalue weighted by Crippen LogP contribution is 2.24. The van der Waals surface area contributed by atoms with Gasteiger partial charge in [0.2, 0.25) is 5.24 Å². The van der Waals surface area contributed by atoms with Gasteiger partial charge in [-0.2, -0.15) is 0 Å². The molecule has 0 aliphatic heterocycles. The van der Waals surface area contributed by atoms with Crippen LogP contribution in [0.5, 0.6) is 0 Å². The molecule has 94 valence electrons. The second-order valence-corrected chi connectivity index (χ2v) is 5.38. The molecule has 0 aliphatic rings. The van der Waals surface area contributed by atoms with Gasteiger partial charge in [-0.25, -0.2) is 0 Å². The molecule has 2 heteroatoms. The van der Waals surface area contributed by atoms with Crippen LogP contribution in [0.15, 0.2) is 12.2 Å². The number of allylic oxidation sites excluding steroid dienone is 2. The molecule has 0 aliphatic carbocycles. The second-order valence-electron chi connectivity index (χ2n) is 5.04. The number of rotatable bonds is 9. The Morgan fingerprint density at radius 3 is 2.31 bits per heavy atom. The highest BCUT2D eigenvalue weighted by Gasteiger charge is 2.23. The van der Waals surface area contributed by atoms with Crippen molar-refractivity contribution in [2.75, 3.05) is 0 Å². The van der Waals surface area contributed by atoms with Crippen LogP contribution in [-0.2, 0) is 4.79 Å². The molecule has 0 spiro atoms. The lowest BCUT2D eigenvalue weighted by Crippen LogP contribution is -2.17. The van der Waals surface area contributed by atoms with Crippen molar-refractivity contribution in [3.63, 3.8) is 0 Å². The van der Waals surface area contributed by atoms with Crippen LogP contribution < -0.4 is 0 Å². The van der Waals surface area contributed by atoms with Crippen molar-refractivity contribution in [3.05, 3.63) is 12.2 Å². The van der Waals surface area contributed by atoms with E-state index in [9.17, 15) is 4.79 Å². The molecular weight excluding hydrogens is 220 g/mol. The Morgan fingerprint density at radius 1 is 1.12 bits per heavy atom. The van der Waals surface area contributed by atoms with Crippen molar-refractivity contribution < 1.29 is 4.79 Å². The molecule has 0 heterocycles. The van der Waals surface area contributed by atoms with E-state index in [0.717, 1.165) is 12.8 Å². The summed E-state index contributed by atoms with van der Waals surface area (Å²) >= 11 is 5.49. The van der Waals surface area contributed by atoms with E-state index < -0.39 is 5.41 Å². The van der Waals surface area contributed by atoms with Crippen molar-refractivity contribution in [1.29, 1.82) is 0 Å². The zero-order chi connectivity index (χ0) is 12.4. The van der Waals surface area contributed by atoms with E-state index >= 15 is 0 Å². The summed E-state index contributed by atoms with van der Waals surface area (Å²) in [7, 11) is 0. The maximum Gasteiger partial charge on any atom is 0.227 e. The lowest BCUT2D eigenvalue weighted by atomic mass is 9.91. The largest absolute Gasteiger partial charge is 0.281 e. The fourth-order valence-corrected chi connectivity index (χ4v) is 1.52. The Balaban J connectivity index is 3.51. The summed E-state index contributed by atoms with van der Waals surface area (Å²) in [5, 5.41) is -0.250. The molecule has 0 amide bonds. The maximum atomic E-state index is 11.0. The molecule has 0 radical (unpaired) electrons. The molecule has 0 saturated heterocycles. The topological polar surface area (TPSA) is 17.1 Å². The van der Waals surface area contributed by atoms with Crippen LogP contribution in [-0.4, -0.2) is 5.24 Å². The first-order valence-electron chi connectivity index (χ1n) is 6.35. The normalized spacial score (nSPS) is 12.2. The predicted octanol–water partition coefficient (Wildman–Crippen LogP) is 5.08. The van der Waals surface area contributed by atoms with Gasteiger partial charge in [0.25, 0.3) is 0 Å². The third kappa shape index (κ3) is 7.92. The first-order chi connectivity index (χ1) is 7.50. The summed E-state index contributed by atoms with van der Waals surface area (Å²) in [4.78, 5) is 11.0. The van der Waals surface area contributed by atoms with E-state index in [2.05, 4.69) is 19.1 Å². The van der Waals surface area contributed by atoms with Gasteiger partial charge in [-0.15, -0.1) is 0 Å². The number of hydrogen-bond acceptors (Lipinski definition) is 1. The summed E-state index contributed by atoms with van der Waals surface area (Å²) in [6.07, 6.45) is 12.7. The number of hydrogen-bond donors (Lipinski definition) is 0. The molecule has 0 unspecified atom stereocenters. The van der Waals surface area contributed by atoms with E-state index in [1.807, 2.05) is 13.8 Å². The van der Waals surface area contributed by atoms with Gasteiger partial charge in [0.15, 0.2) is 0 Å². The molecule has 0 aromatic heterocycles. The highest BCUT2D eigenvalue weighted by atomic mass is 35.5. The Labute approximate surface area is 105 Å². The molecule has 0 aromatic carbocycles. The third-order valence-corrected chi connectivity index (χ3v) is 3.31. The molecule has 0 atom stereocenters. The quantitative estimate of drug-likeness (QED) is 0.314. The van der Waals surface area contributed by atoms with Crippen LogP contribution in [0.25, 0.3) is 0 Å². The van der Waals surface area contributed by atoms with Crippen molar-refractivity contribution in [3.8, 4) is 0 Å². The molecule has 0 N–H and O–H groups in total. The SMILES string of the molecule is CCCCCCCC=CCC(C)(C)C(=O)Cl. The van der Waals surface area contributed by atoms with Crippen LogP contribution in [0, 0.1) is 5.41 Å². The average Bonchev–Trinajstić information content (AvgIpc) is 2.21. The lowest BCUT2D eigenvalue weighted by Gasteiger charge is -2.16. The van der Waals surface area contributed by atoms with Crippen LogP contribution in [0.3, 0.4) is 0 Å². The van der Waals surface area contributed by atoms with Crippen molar-refractivity contribution in [2.45, 2.75) is 65.7 Å². The molecular formula is C14H25ClO. The minimum atomic E-state index is -0.416. The smallest absolute Gasteiger partial charge is 0.227 e. The van der Waals surface area contributed by atoms with E-state index in [4.69, 9.17) is 11.6 Å². The van der Waals surface area contributed by atoms with Gasteiger partial charge in [0.05, 0.1) is 0 Å². The standard InChI is InChI=1S/C14H25ClO/c1-4-5-6-7-8-9-10-11-12-14(2,3)13(15)16/h10-11H,4-9,12H2,1-3H3. The van der Waals surface area contributed by atoms with Gasteiger partial charge >= 0.3 is 0 Å². The van der Waals surface area contributed by atoms with E-state index in [0.29, 0.717) is 0 Å². The third-order valence-electron chi connectivity index (χ3n) is 2.80. The molecule has 0 bridgehead atoms. The molecule has 1 nitrogen and oxygen atoms in total. The Bertz CT molecular complexity index is 219. The number of carbonyl (C=O) groups excluding carboxylic acids is 1. The average molecular weight is 245 g/mol. The Hall–Kier alpha value is -0.300. The summed E-state index contributed by atoms with van der Waals surface area (Å²) in [6, 6.07) is 0. The first-order valence-corrected chi connectivity index (χ1v) is 6.73. The van der Waals surface area contributed by atoms with Crippen LogP contribution in [0.4, 0.5) is 0 Å². The van der Waals surface area contributed by atoms with E-state index in [1.54, 1.807) is 0 Å². The van der Waals surface area contributed by atoms with Gasteiger partial charge in [0, 0.05) is 5.41 Å². The van der Waals surface area contributed by atoms with Crippen LogP contribution in [0.2, 0.25) is 0 Å². The van der Waals surface area contributed by atoms with Crippen molar-refractivity contribution in [2.24, 2.45) is 5.41 Å². The number of carbonyl (C=O) groups is 1. The minimum absolute atomic E-state index is 0.250. The zero-order valence-electron chi connectivity index (χ0n) is 10.9. The maximum absolute atomic E-state index is 11.0. The lowest BCUT2D eigenvalue weighted by molar-refractivity contribution is -0.118. The summed E-state index contributed by atoms with van der Waals surface area (Å²) in [5.74, 6) is 0. The first kappa shape index (κ1) is 15.7. The van der Waals surface area contributed by atoms with Gasteiger partial charge in [-0.3, -0.25) is 4.79 Å². The monoisotopic (exact) mass is 244 g/mol. The van der Waals surface area contributed by atoms with Gasteiger partial charge in [-0.05, 0) is 30.9 Å². The Kier molecular flexibility index (Phi) is 8.64. The Morgan fingerprint density at radius 2 is 1.75 bits per heavy atom. The number of unbranched alkanes of at least 4 members (excludes halogenated alkanes) is 5. The molecule has 0 fully saturated rings. The van der Waals surface area contributed by atoms with Crippen molar-refractivity contribution in [1.82, 2.24) is 0 Å². The molecule has 0 aromatic rings. The fraction of sp³-hybridized carbons (Fsp3) is 0.786. The van der Waals surface area contributed by atoms with Gasteiger partial charge in [0.1, 0.15) is 0 Å². The molecule has 0 saturated carbocycles. The summed E-state index contributed by atoms with van der Waals surface area (Å²) in [5.41, 5.74) is -0.416. The van der Waals surface area contributed by atoms with E-state index in [1.165, 1.54) is 32.1 Å². The summed E-state index contributed by atoms with van der Waals surface area (Å²) in [6.45, 7) is 5.99. The summed E-state index contributed by atoms with van der Waals surface area (Å²) < 4.78 is 0. The van der Waals surface area contributed by atoms with E-state index in [-0.39, 0.29) is 5.24 Å². The molecule has 16 heavy (non-hydrogen) atoms. The van der Waals surface area contributed by atoms with Crippen LogP contribution in [0.1, 0.15) is 65.7 Å². The fourth-order valence-electron chi connectivity index (χ4n) is 1.44.